The van der Waals surface area contributed by atoms with Gasteiger partial charge in [0.1, 0.15) is 17.2 Å². The highest BCUT2D eigenvalue weighted by Crippen LogP contribution is 2.40. The first-order valence-electron chi connectivity index (χ1n) is 8.33. The van der Waals surface area contributed by atoms with Crippen LogP contribution >= 0.6 is 0 Å². The van der Waals surface area contributed by atoms with Crippen molar-refractivity contribution in [2.75, 3.05) is 32.2 Å². The number of benzene rings is 1. The molecule has 128 valence electrons. The lowest BCUT2D eigenvalue weighted by atomic mass is 9.88. The lowest BCUT2D eigenvalue weighted by molar-refractivity contribution is -0.117. The average molecular weight is 320 g/mol. The van der Waals surface area contributed by atoms with E-state index < -0.39 is 0 Å². The molecule has 2 rings (SSSR count). The van der Waals surface area contributed by atoms with Gasteiger partial charge in [0.15, 0.2) is 0 Å². The summed E-state index contributed by atoms with van der Waals surface area (Å²) in [4.78, 5) is 14.3. The predicted octanol–water partition coefficient (Wildman–Crippen LogP) is 2.88. The summed E-state index contributed by atoms with van der Waals surface area (Å²) in [6.07, 6.45) is 6.07. The summed E-state index contributed by atoms with van der Waals surface area (Å²) in [5, 5.41) is 0. The Balaban J connectivity index is 2.39. The number of hydrogen-bond acceptors (Lipinski definition) is 4. The van der Waals surface area contributed by atoms with Gasteiger partial charge in [-0.2, -0.15) is 0 Å². The van der Waals surface area contributed by atoms with E-state index in [1.54, 1.807) is 19.1 Å². The first kappa shape index (κ1) is 17.6. The highest BCUT2D eigenvalue weighted by Gasteiger charge is 2.27. The SMILES string of the molecule is COc1cc(C)cc(OC)c1N(CC1CCCCC1)C(=O)CN. The van der Waals surface area contributed by atoms with Crippen molar-refractivity contribution in [1.29, 1.82) is 0 Å². The number of hydrogen-bond donors (Lipinski definition) is 1. The number of carbonyl (C=O) groups excluding carboxylic acids is 1. The Hall–Kier alpha value is -1.75. The molecule has 0 radical (unpaired) electrons. The Kier molecular flexibility index (Phi) is 6.28. The minimum atomic E-state index is -0.101. The summed E-state index contributed by atoms with van der Waals surface area (Å²) in [6, 6.07) is 3.85. The minimum absolute atomic E-state index is 0.0209. The Morgan fingerprint density at radius 2 is 1.74 bits per heavy atom. The highest BCUT2D eigenvalue weighted by atomic mass is 16.5. The fourth-order valence-electron chi connectivity index (χ4n) is 3.35. The van der Waals surface area contributed by atoms with Crippen LogP contribution in [-0.4, -0.2) is 33.2 Å². The number of methoxy groups -OCH3 is 2. The summed E-state index contributed by atoms with van der Waals surface area (Å²) in [6.45, 7) is 2.63. The fourth-order valence-corrected chi connectivity index (χ4v) is 3.35. The van der Waals surface area contributed by atoms with Crippen LogP contribution in [0.4, 0.5) is 5.69 Å². The van der Waals surface area contributed by atoms with Crippen LogP contribution in [0.3, 0.4) is 0 Å². The van der Waals surface area contributed by atoms with Gasteiger partial charge >= 0.3 is 0 Å². The topological polar surface area (TPSA) is 64.8 Å². The van der Waals surface area contributed by atoms with Crippen LogP contribution in [0.15, 0.2) is 12.1 Å². The van der Waals surface area contributed by atoms with Crippen molar-refractivity contribution >= 4 is 11.6 Å². The Labute approximate surface area is 138 Å². The number of amides is 1. The van der Waals surface area contributed by atoms with Gasteiger partial charge in [-0.15, -0.1) is 0 Å². The number of aryl methyl sites for hydroxylation is 1. The van der Waals surface area contributed by atoms with E-state index in [0.717, 1.165) is 18.4 Å². The van der Waals surface area contributed by atoms with E-state index in [1.165, 1.54) is 19.3 Å². The molecule has 0 aromatic heterocycles. The second-order valence-corrected chi connectivity index (χ2v) is 6.23. The van der Waals surface area contributed by atoms with Gasteiger partial charge in [-0.1, -0.05) is 19.3 Å². The number of anilines is 1. The molecule has 1 aliphatic rings. The Morgan fingerprint density at radius 3 is 2.22 bits per heavy atom. The molecule has 23 heavy (non-hydrogen) atoms. The van der Waals surface area contributed by atoms with Gasteiger partial charge in [0, 0.05) is 6.54 Å². The van der Waals surface area contributed by atoms with Crippen molar-refractivity contribution in [3.05, 3.63) is 17.7 Å². The zero-order valence-electron chi connectivity index (χ0n) is 14.4. The fraction of sp³-hybridized carbons (Fsp3) is 0.611. The number of nitrogens with zero attached hydrogens (tertiary/aromatic N) is 1. The van der Waals surface area contributed by atoms with Crippen molar-refractivity contribution in [3.63, 3.8) is 0 Å². The molecule has 1 aromatic carbocycles. The highest BCUT2D eigenvalue weighted by molar-refractivity contribution is 5.98. The van der Waals surface area contributed by atoms with Crippen molar-refractivity contribution < 1.29 is 14.3 Å². The second kappa shape index (κ2) is 8.20. The van der Waals surface area contributed by atoms with Crippen LogP contribution in [0.2, 0.25) is 0 Å². The van der Waals surface area contributed by atoms with Crippen LogP contribution in [0.1, 0.15) is 37.7 Å². The molecule has 1 fully saturated rings. The van der Waals surface area contributed by atoms with Crippen molar-refractivity contribution in [2.24, 2.45) is 11.7 Å². The van der Waals surface area contributed by atoms with E-state index in [9.17, 15) is 4.79 Å². The van der Waals surface area contributed by atoms with E-state index in [-0.39, 0.29) is 12.5 Å². The van der Waals surface area contributed by atoms with Gasteiger partial charge < -0.3 is 20.1 Å². The van der Waals surface area contributed by atoms with Crippen molar-refractivity contribution in [2.45, 2.75) is 39.0 Å². The summed E-state index contributed by atoms with van der Waals surface area (Å²) in [7, 11) is 3.23. The standard InChI is InChI=1S/C18H28N2O3/c1-13-9-15(22-2)18(16(10-13)23-3)20(17(21)11-19)12-14-7-5-4-6-8-14/h9-10,14H,4-8,11-12,19H2,1-3H3. The molecule has 0 heterocycles. The van der Waals surface area contributed by atoms with Gasteiger partial charge in [0.25, 0.3) is 0 Å². The maximum atomic E-state index is 12.5. The largest absolute Gasteiger partial charge is 0.494 e. The number of carbonyl (C=O) groups is 1. The molecule has 0 spiro atoms. The zero-order chi connectivity index (χ0) is 16.8. The summed E-state index contributed by atoms with van der Waals surface area (Å²) in [5.41, 5.74) is 7.38. The lowest BCUT2D eigenvalue weighted by Crippen LogP contribution is -2.40. The third-order valence-electron chi connectivity index (χ3n) is 4.54. The molecule has 1 aliphatic carbocycles. The number of ether oxygens (including phenoxy) is 2. The maximum Gasteiger partial charge on any atom is 0.240 e. The minimum Gasteiger partial charge on any atom is -0.494 e. The van der Waals surface area contributed by atoms with Crippen molar-refractivity contribution in [3.8, 4) is 11.5 Å². The molecule has 0 unspecified atom stereocenters. The van der Waals surface area contributed by atoms with Crippen LogP contribution in [0.5, 0.6) is 11.5 Å². The molecular formula is C18H28N2O3. The van der Waals surface area contributed by atoms with Crippen LogP contribution in [0.25, 0.3) is 0 Å². The molecule has 1 aromatic rings. The Morgan fingerprint density at radius 1 is 1.17 bits per heavy atom. The van der Waals surface area contributed by atoms with E-state index >= 15 is 0 Å². The van der Waals surface area contributed by atoms with E-state index in [1.807, 2.05) is 19.1 Å². The normalized spacial score (nSPS) is 15.3. The molecule has 0 aliphatic heterocycles. The molecule has 5 heteroatoms. The van der Waals surface area contributed by atoms with E-state index in [0.29, 0.717) is 29.6 Å². The summed E-state index contributed by atoms with van der Waals surface area (Å²) >= 11 is 0. The van der Waals surface area contributed by atoms with Crippen molar-refractivity contribution in [1.82, 2.24) is 0 Å². The smallest absolute Gasteiger partial charge is 0.240 e. The molecular weight excluding hydrogens is 292 g/mol. The number of nitrogens with two attached hydrogens (primary N) is 1. The summed E-state index contributed by atoms with van der Waals surface area (Å²) < 4.78 is 11.0. The average Bonchev–Trinajstić information content (AvgIpc) is 2.59. The number of rotatable bonds is 6. The van der Waals surface area contributed by atoms with Crippen LogP contribution in [0, 0.1) is 12.8 Å². The van der Waals surface area contributed by atoms with Gasteiger partial charge in [-0.3, -0.25) is 4.79 Å². The molecule has 0 bridgehead atoms. The third kappa shape index (κ3) is 4.16. The zero-order valence-corrected chi connectivity index (χ0v) is 14.4. The van der Waals surface area contributed by atoms with Gasteiger partial charge in [-0.05, 0) is 43.4 Å². The molecule has 0 atom stereocenters. The molecule has 0 saturated heterocycles. The third-order valence-corrected chi connectivity index (χ3v) is 4.54. The molecule has 1 saturated carbocycles. The molecule has 2 N–H and O–H groups in total. The lowest BCUT2D eigenvalue weighted by Gasteiger charge is -2.31. The van der Waals surface area contributed by atoms with E-state index in [4.69, 9.17) is 15.2 Å². The van der Waals surface area contributed by atoms with Gasteiger partial charge in [0.05, 0.1) is 20.8 Å². The first-order valence-corrected chi connectivity index (χ1v) is 8.33. The van der Waals surface area contributed by atoms with Crippen LogP contribution < -0.4 is 20.1 Å². The molecule has 1 amide bonds. The van der Waals surface area contributed by atoms with Gasteiger partial charge in [-0.25, -0.2) is 0 Å². The Bertz CT molecular complexity index is 514. The van der Waals surface area contributed by atoms with Gasteiger partial charge in [0.2, 0.25) is 5.91 Å². The monoisotopic (exact) mass is 320 g/mol. The quantitative estimate of drug-likeness (QED) is 0.875. The molecule has 5 nitrogen and oxygen atoms in total. The second-order valence-electron chi connectivity index (χ2n) is 6.23. The van der Waals surface area contributed by atoms with Crippen LogP contribution in [-0.2, 0) is 4.79 Å². The predicted molar refractivity (Wildman–Crippen MR) is 92.3 cm³/mol. The first-order chi connectivity index (χ1) is 11.1. The van der Waals surface area contributed by atoms with E-state index in [2.05, 4.69) is 0 Å². The summed E-state index contributed by atoms with van der Waals surface area (Å²) in [5.74, 6) is 1.71. The maximum absolute atomic E-state index is 12.5.